The van der Waals surface area contributed by atoms with Gasteiger partial charge in [0.15, 0.2) is 0 Å². The van der Waals surface area contributed by atoms with E-state index in [1.165, 1.54) is 29.1 Å². The number of hydrogen-bond donors (Lipinski definition) is 3. The van der Waals surface area contributed by atoms with Crippen LogP contribution in [0.2, 0.25) is 0 Å². The standard InChI is InChI=1S/C26H23N5/c1-18-14-22(9-12-29-18)20-4-2-19(3-5-20)17-31-26-25-7-6-21(24(16-28)8-11-27)15-23(25)10-13-30-26/h2-16,27-28H,17H2,1H3,(H,30,31). The minimum atomic E-state index is 0.670. The highest BCUT2D eigenvalue weighted by Gasteiger charge is 2.06. The molecule has 0 radical (unpaired) electrons. The molecule has 0 fully saturated rings. The summed E-state index contributed by atoms with van der Waals surface area (Å²) in [6.45, 7) is 2.67. The van der Waals surface area contributed by atoms with Gasteiger partial charge in [0.05, 0.1) is 0 Å². The Balaban J connectivity index is 1.53. The Morgan fingerprint density at radius 2 is 1.71 bits per heavy atom. The number of aromatic nitrogens is 2. The van der Waals surface area contributed by atoms with Gasteiger partial charge < -0.3 is 16.1 Å². The molecule has 2 aromatic carbocycles. The second kappa shape index (κ2) is 9.13. The summed E-state index contributed by atoms with van der Waals surface area (Å²) < 4.78 is 0. The molecule has 0 amide bonds. The van der Waals surface area contributed by atoms with Crippen LogP contribution in [-0.4, -0.2) is 22.4 Å². The Kier molecular flexibility index (Phi) is 5.94. The molecule has 3 N–H and O–H groups in total. The number of fused-ring (bicyclic) bond motifs is 1. The van der Waals surface area contributed by atoms with Crippen LogP contribution in [0.15, 0.2) is 79.1 Å². The van der Waals surface area contributed by atoms with E-state index >= 15 is 0 Å². The molecule has 5 heteroatoms. The molecule has 4 aromatic rings. The van der Waals surface area contributed by atoms with Gasteiger partial charge in [-0.1, -0.05) is 36.4 Å². The van der Waals surface area contributed by atoms with Gasteiger partial charge in [-0.3, -0.25) is 4.98 Å². The maximum Gasteiger partial charge on any atom is 0.134 e. The van der Waals surface area contributed by atoms with Crippen molar-refractivity contribution in [2.24, 2.45) is 0 Å². The fourth-order valence-corrected chi connectivity index (χ4v) is 3.54. The van der Waals surface area contributed by atoms with E-state index in [9.17, 15) is 0 Å². The highest BCUT2D eigenvalue weighted by atomic mass is 15.0. The third-order valence-corrected chi connectivity index (χ3v) is 5.16. The average Bonchev–Trinajstić information content (AvgIpc) is 2.81. The Labute approximate surface area is 181 Å². The first-order valence-electron chi connectivity index (χ1n) is 10.0. The summed E-state index contributed by atoms with van der Waals surface area (Å²) in [6, 6.07) is 20.6. The highest BCUT2D eigenvalue weighted by Crippen LogP contribution is 2.26. The van der Waals surface area contributed by atoms with E-state index in [4.69, 9.17) is 10.8 Å². The van der Waals surface area contributed by atoms with Crippen molar-refractivity contribution in [1.82, 2.24) is 9.97 Å². The van der Waals surface area contributed by atoms with Crippen LogP contribution in [0.1, 0.15) is 16.8 Å². The maximum atomic E-state index is 7.57. The summed E-state index contributed by atoms with van der Waals surface area (Å²) in [4.78, 5) is 8.77. The quantitative estimate of drug-likeness (QED) is 0.335. The highest BCUT2D eigenvalue weighted by molar-refractivity contribution is 6.13. The minimum Gasteiger partial charge on any atom is -0.365 e. The lowest BCUT2D eigenvalue weighted by Gasteiger charge is -2.11. The lowest BCUT2D eigenvalue weighted by atomic mass is 10.0. The first-order valence-corrected chi connectivity index (χ1v) is 10.0. The van der Waals surface area contributed by atoms with Gasteiger partial charge in [-0.05, 0) is 64.9 Å². The van der Waals surface area contributed by atoms with Crippen molar-refractivity contribution in [3.05, 3.63) is 96.0 Å². The van der Waals surface area contributed by atoms with E-state index in [0.717, 1.165) is 27.8 Å². The SMILES string of the molecule is Cc1cc(-c2ccc(CNc3nccc4cc(C(C=N)=CC=N)ccc34)cc2)ccn1. The first kappa shape index (κ1) is 20.2. The molecule has 0 saturated carbocycles. The number of hydrogen-bond acceptors (Lipinski definition) is 5. The van der Waals surface area contributed by atoms with Gasteiger partial charge in [0.25, 0.3) is 0 Å². The average molecular weight is 406 g/mol. The molecule has 2 heterocycles. The predicted molar refractivity (Wildman–Crippen MR) is 129 cm³/mol. The second-order valence-electron chi connectivity index (χ2n) is 7.26. The molecule has 0 spiro atoms. The van der Waals surface area contributed by atoms with Crippen LogP contribution in [0.3, 0.4) is 0 Å². The monoisotopic (exact) mass is 405 g/mol. The van der Waals surface area contributed by atoms with Gasteiger partial charge in [-0.25, -0.2) is 4.98 Å². The van der Waals surface area contributed by atoms with Crippen LogP contribution in [0.25, 0.3) is 27.5 Å². The first-order chi connectivity index (χ1) is 15.2. The van der Waals surface area contributed by atoms with Crippen molar-refractivity contribution in [2.45, 2.75) is 13.5 Å². The summed E-state index contributed by atoms with van der Waals surface area (Å²) in [7, 11) is 0. The molecule has 5 nitrogen and oxygen atoms in total. The van der Waals surface area contributed by atoms with Crippen LogP contribution in [-0.2, 0) is 6.54 Å². The van der Waals surface area contributed by atoms with Crippen LogP contribution in [0.5, 0.6) is 0 Å². The summed E-state index contributed by atoms with van der Waals surface area (Å²) >= 11 is 0. The molecule has 2 aromatic heterocycles. The fraction of sp³-hybridized carbons (Fsp3) is 0.0769. The molecule has 4 rings (SSSR count). The molecular formula is C26H23N5. The van der Waals surface area contributed by atoms with E-state index in [1.54, 1.807) is 12.3 Å². The summed E-state index contributed by atoms with van der Waals surface area (Å²) in [5.74, 6) is 0.824. The number of nitrogens with one attached hydrogen (secondary N) is 3. The third-order valence-electron chi connectivity index (χ3n) is 5.16. The molecule has 0 unspecified atom stereocenters. The van der Waals surface area contributed by atoms with Crippen LogP contribution in [0, 0.1) is 17.7 Å². The predicted octanol–water partition coefficient (Wildman–Crippen LogP) is 5.90. The zero-order valence-electron chi connectivity index (χ0n) is 17.3. The van der Waals surface area contributed by atoms with E-state index in [0.29, 0.717) is 12.1 Å². The number of nitrogens with zero attached hydrogens (tertiary/aromatic N) is 2. The van der Waals surface area contributed by atoms with Gasteiger partial charge in [0.1, 0.15) is 5.82 Å². The molecular weight excluding hydrogens is 382 g/mol. The van der Waals surface area contributed by atoms with Crippen molar-refractivity contribution in [3.63, 3.8) is 0 Å². The summed E-state index contributed by atoms with van der Waals surface area (Å²) in [5.41, 5.74) is 6.13. The lowest BCUT2D eigenvalue weighted by Crippen LogP contribution is -2.02. The zero-order chi connectivity index (χ0) is 21.6. The lowest BCUT2D eigenvalue weighted by molar-refractivity contribution is 1.12. The van der Waals surface area contributed by atoms with Crippen molar-refractivity contribution in [2.75, 3.05) is 5.32 Å². The van der Waals surface area contributed by atoms with E-state index in [1.807, 2.05) is 43.5 Å². The number of aryl methyl sites for hydroxylation is 1. The molecule has 0 atom stereocenters. The third kappa shape index (κ3) is 4.56. The molecule has 0 aliphatic carbocycles. The smallest absolute Gasteiger partial charge is 0.134 e. The Morgan fingerprint density at radius 1 is 0.903 bits per heavy atom. The van der Waals surface area contributed by atoms with Crippen LogP contribution in [0.4, 0.5) is 5.82 Å². The Hall–Kier alpha value is -4.12. The van der Waals surface area contributed by atoms with E-state index in [-0.39, 0.29) is 0 Å². The molecule has 0 aliphatic rings. The van der Waals surface area contributed by atoms with Crippen molar-refractivity contribution >= 4 is 34.6 Å². The topological polar surface area (TPSA) is 85.5 Å². The Bertz CT molecular complexity index is 1270. The number of allylic oxidation sites excluding steroid dienone is 2. The summed E-state index contributed by atoms with van der Waals surface area (Å²) in [6.07, 6.45) is 7.71. The van der Waals surface area contributed by atoms with Crippen LogP contribution >= 0.6 is 0 Å². The molecule has 0 bridgehead atoms. The molecule has 31 heavy (non-hydrogen) atoms. The fourth-order valence-electron chi connectivity index (χ4n) is 3.54. The Morgan fingerprint density at radius 3 is 2.45 bits per heavy atom. The van der Waals surface area contributed by atoms with E-state index < -0.39 is 0 Å². The van der Waals surface area contributed by atoms with Crippen LogP contribution < -0.4 is 5.32 Å². The van der Waals surface area contributed by atoms with Crippen molar-refractivity contribution in [1.29, 1.82) is 10.8 Å². The molecule has 0 aliphatic heterocycles. The summed E-state index contributed by atoms with van der Waals surface area (Å²) in [5, 5.41) is 20.3. The van der Waals surface area contributed by atoms with Gasteiger partial charge >= 0.3 is 0 Å². The van der Waals surface area contributed by atoms with Gasteiger partial charge in [-0.2, -0.15) is 0 Å². The van der Waals surface area contributed by atoms with Crippen molar-refractivity contribution < 1.29 is 0 Å². The molecule has 152 valence electrons. The van der Waals surface area contributed by atoms with Crippen molar-refractivity contribution in [3.8, 4) is 11.1 Å². The second-order valence-corrected chi connectivity index (χ2v) is 7.26. The number of pyridine rings is 2. The van der Waals surface area contributed by atoms with E-state index in [2.05, 4.69) is 45.6 Å². The van der Waals surface area contributed by atoms with Gasteiger partial charge in [0.2, 0.25) is 0 Å². The van der Waals surface area contributed by atoms with Gasteiger partial charge in [-0.15, -0.1) is 0 Å². The maximum absolute atomic E-state index is 7.57. The number of rotatable bonds is 7. The largest absolute Gasteiger partial charge is 0.365 e. The zero-order valence-corrected chi connectivity index (χ0v) is 17.3. The normalized spacial score (nSPS) is 11.3. The number of anilines is 1. The van der Waals surface area contributed by atoms with Gasteiger partial charge in [0, 0.05) is 48.0 Å². The number of benzene rings is 2. The minimum absolute atomic E-state index is 0.670. The molecule has 0 saturated heterocycles.